The van der Waals surface area contributed by atoms with E-state index < -0.39 is 12.1 Å². The van der Waals surface area contributed by atoms with E-state index in [0.717, 1.165) is 51.4 Å². The van der Waals surface area contributed by atoms with Gasteiger partial charge in [0.2, 0.25) is 5.91 Å². The van der Waals surface area contributed by atoms with E-state index in [1.54, 1.807) is 6.08 Å². The highest BCUT2D eigenvalue weighted by atomic mass is 16.5. The minimum absolute atomic E-state index is 0.000750. The van der Waals surface area contributed by atoms with E-state index in [1.165, 1.54) is 231 Å². The van der Waals surface area contributed by atoms with Gasteiger partial charge in [0.25, 0.3) is 0 Å². The van der Waals surface area contributed by atoms with Crippen LogP contribution >= 0.6 is 0 Å². The van der Waals surface area contributed by atoms with Gasteiger partial charge in [-0.05, 0) is 57.8 Å². The fraction of sp³-hybridized carbons (Fsp3) is 0.867. The number of rotatable bonds is 54. The zero-order chi connectivity index (χ0) is 47.9. The van der Waals surface area contributed by atoms with Crippen LogP contribution in [0, 0.1) is 0 Å². The molecule has 0 saturated heterocycles. The number of aliphatic hydroxyl groups is 2. The van der Waals surface area contributed by atoms with Crippen LogP contribution in [0.2, 0.25) is 0 Å². The van der Waals surface area contributed by atoms with Gasteiger partial charge in [-0.15, -0.1) is 0 Å². The standard InChI is InChI=1S/C60H113NO5/c1-3-5-7-9-11-13-15-29-34-38-42-46-50-54-60(65)66-55-51-47-43-39-35-31-28-26-24-22-20-18-17-19-21-23-25-27-30-33-37-41-45-49-53-59(64)61-57(56-62)58(63)52-48-44-40-36-32-16-14-12-10-8-6-4-2/h7,9,13,15,48,52,57-58,62-63H,3-6,8,10-12,14,16-47,49-51,53-56H2,1-2H3,(H,61,64)/b9-7-,15-13-,52-48+. The molecule has 0 aliphatic carbocycles. The summed E-state index contributed by atoms with van der Waals surface area (Å²) >= 11 is 0. The van der Waals surface area contributed by atoms with Crippen molar-refractivity contribution in [1.82, 2.24) is 5.32 Å². The van der Waals surface area contributed by atoms with Gasteiger partial charge in [0.1, 0.15) is 0 Å². The molecule has 0 radical (unpaired) electrons. The van der Waals surface area contributed by atoms with Crippen LogP contribution in [0.25, 0.3) is 0 Å². The monoisotopic (exact) mass is 928 g/mol. The molecule has 0 heterocycles. The summed E-state index contributed by atoms with van der Waals surface area (Å²) in [4.78, 5) is 24.4. The summed E-state index contributed by atoms with van der Waals surface area (Å²) in [7, 11) is 0. The summed E-state index contributed by atoms with van der Waals surface area (Å²) < 4.78 is 5.47. The van der Waals surface area contributed by atoms with Crippen LogP contribution in [0.3, 0.4) is 0 Å². The summed E-state index contributed by atoms with van der Waals surface area (Å²) in [5.74, 6) is -0.0682. The lowest BCUT2D eigenvalue weighted by Gasteiger charge is -2.20. The third-order valence-electron chi connectivity index (χ3n) is 13.4. The lowest BCUT2D eigenvalue weighted by molar-refractivity contribution is -0.143. The second-order valence-electron chi connectivity index (χ2n) is 20.0. The SMILES string of the molecule is CCC/C=C\C/C=C\CCCCCCCC(=O)OCCCCCCCCCCCCCCCCCCCCCCCCCCC(=O)NC(CO)C(O)/C=C/CCCCCCCCCCCC. The largest absolute Gasteiger partial charge is 0.466 e. The van der Waals surface area contributed by atoms with Crippen molar-refractivity contribution in [2.75, 3.05) is 13.2 Å². The number of ether oxygens (including phenoxy) is 1. The molecular formula is C60H113NO5. The molecule has 0 aromatic heterocycles. The lowest BCUT2D eigenvalue weighted by atomic mass is 10.0. The van der Waals surface area contributed by atoms with Crippen LogP contribution < -0.4 is 5.32 Å². The summed E-state index contributed by atoms with van der Waals surface area (Å²) in [5, 5.41) is 23.0. The Morgan fingerprint density at radius 1 is 0.424 bits per heavy atom. The Labute approximate surface area is 411 Å². The average Bonchev–Trinajstić information content (AvgIpc) is 3.32. The molecular weight excluding hydrogens is 815 g/mol. The van der Waals surface area contributed by atoms with E-state index >= 15 is 0 Å². The van der Waals surface area contributed by atoms with Gasteiger partial charge in [0.15, 0.2) is 0 Å². The summed E-state index contributed by atoms with van der Waals surface area (Å²) in [6.45, 7) is 4.83. The zero-order valence-corrected chi connectivity index (χ0v) is 44.2. The number of esters is 1. The molecule has 0 aliphatic heterocycles. The number of hydrogen-bond acceptors (Lipinski definition) is 5. The highest BCUT2D eigenvalue weighted by Gasteiger charge is 2.18. The Morgan fingerprint density at radius 2 is 0.788 bits per heavy atom. The van der Waals surface area contributed by atoms with Gasteiger partial charge in [-0.1, -0.05) is 275 Å². The Bertz CT molecular complexity index is 1070. The van der Waals surface area contributed by atoms with E-state index in [9.17, 15) is 19.8 Å². The van der Waals surface area contributed by atoms with Crippen molar-refractivity contribution >= 4 is 11.9 Å². The number of unbranched alkanes of at least 4 members (excludes halogenated alkanes) is 39. The number of carbonyl (C=O) groups is 2. The topological polar surface area (TPSA) is 95.9 Å². The third-order valence-corrected chi connectivity index (χ3v) is 13.4. The fourth-order valence-electron chi connectivity index (χ4n) is 8.91. The third kappa shape index (κ3) is 51.5. The summed E-state index contributed by atoms with van der Waals surface area (Å²) in [6, 6.07) is -0.626. The normalized spacial score (nSPS) is 12.8. The van der Waals surface area contributed by atoms with Crippen molar-refractivity contribution in [2.24, 2.45) is 0 Å². The van der Waals surface area contributed by atoms with E-state index in [2.05, 4.69) is 43.5 Å². The van der Waals surface area contributed by atoms with Crippen LogP contribution in [-0.2, 0) is 14.3 Å². The van der Waals surface area contributed by atoms with E-state index in [1.807, 2.05) is 6.08 Å². The van der Waals surface area contributed by atoms with E-state index in [-0.39, 0.29) is 18.5 Å². The number of allylic oxidation sites excluding steroid dienone is 5. The van der Waals surface area contributed by atoms with Crippen molar-refractivity contribution < 1.29 is 24.5 Å². The van der Waals surface area contributed by atoms with Gasteiger partial charge >= 0.3 is 5.97 Å². The van der Waals surface area contributed by atoms with Gasteiger partial charge < -0.3 is 20.3 Å². The number of hydrogen-bond donors (Lipinski definition) is 3. The van der Waals surface area contributed by atoms with Crippen LogP contribution in [-0.4, -0.2) is 47.4 Å². The molecule has 0 spiro atoms. The number of carbonyl (C=O) groups excluding carboxylic acids is 2. The maximum absolute atomic E-state index is 12.4. The summed E-state index contributed by atoms with van der Waals surface area (Å²) in [6.07, 6.45) is 68.9. The molecule has 6 nitrogen and oxygen atoms in total. The van der Waals surface area contributed by atoms with Crippen LogP contribution in [0.5, 0.6) is 0 Å². The van der Waals surface area contributed by atoms with Gasteiger partial charge in [-0.2, -0.15) is 0 Å². The molecule has 2 atom stereocenters. The van der Waals surface area contributed by atoms with Crippen molar-refractivity contribution in [2.45, 2.75) is 321 Å². The maximum Gasteiger partial charge on any atom is 0.305 e. The number of amides is 1. The Hall–Kier alpha value is -1.92. The molecule has 1 amide bonds. The zero-order valence-electron chi connectivity index (χ0n) is 44.2. The van der Waals surface area contributed by atoms with Gasteiger partial charge in [0.05, 0.1) is 25.4 Å². The average molecular weight is 929 g/mol. The predicted octanol–water partition coefficient (Wildman–Crippen LogP) is 18.0. The lowest BCUT2D eigenvalue weighted by Crippen LogP contribution is -2.45. The van der Waals surface area contributed by atoms with Crippen LogP contribution in [0.4, 0.5) is 0 Å². The molecule has 388 valence electrons. The highest BCUT2D eigenvalue weighted by Crippen LogP contribution is 2.17. The molecule has 0 rings (SSSR count). The summed E-state index contributed by atoms with van der Waals surface area (Å²) in [5.41, 5.74) is 0. The molecule has 66 heavy (non-hydrogen) atoms. The molecule has 6 heteroatoms. The minimum atomic E-state index is -0.842. The molecule has 2 unspecified atom stereocenters. The van der Waals surface area contributed by atoms with Crippen molar-refractivity contribution in [3.05, 3.63) is 36.5 Å². The van der Waals surface area contributed by atoms with E-state index in [4.69, 9.17) is 4.74 Å². The quantitative estimate of drug-likeness (QED) is 0.0321. The molecule has 0 fully saturated rings. The smallest absolute Gasteiger partial charge is 0.305 e. The first kappa shape index (κ1) is 64.1. The second-order valence-corrected chi connectivity index (χ2v) is 20.0. The number of nitrogens with one attached hydrogen (secondary N) is 1. The first-order valence-corrected chi connectivity index (χ1v) is 29.3. The first-order chi connectivity index (χ1) is 32.5. The second kappa shape index (κ2) is 55.7. The highest BCUT2D eigenvalue weighted by molar-refractivity contribution is 5.76. The van der Waals surface area contributed by atoms with Crippen LogP contribution in [0.15, 0.2) is 36.5 Å². The predicted molar refractivity (Wildman–Crippen MR) is 287 cm³/mol. The van der Waals surface area contributed by atoms with Crippen molar-refractivity contribution in [3.63, 3.8) is 0 Å². The molecule has 0 aromatic rings. The maximum atomic E-state index is 12.4. The van der Waals surface area contributed by atoms with E-state index in [0.29, 0.717) is 19.4 Å². The fourth-order valence-corrected chi connectivity index (χ4v) is 8.91. The Balaban J connectivity index is 3.38. The number of aliphatic hydroxyl groups excluding tert-OH is 2. The first-order valence-electron chi connectivity index (χ1n) is 29.3. The molecule has 0 aromatic carbocycles. The minimum Gasteiger partial charge on any atom is -0.466 e. The van der Waals surface area contributed by atoms with Crippen LogP contribution in [0.1, 0.15) is 309 Å². The Kier molecular flexibility index (Phi) is 54.1. The molecule has 0 saturated carbocycles. The van der Waals surface area contributed by atoms with Crippen molar-refractivity contribution in [3.8, 4) is 0 Å². The molecule has 3 N–H and O–H groups in total. The van der Waals surface area contributed by atoms with Gasteiger partial charge in [-0.25, -0.2) is 0 Å². The van der Waals surface area contributed by atoms with Crippen molar-refractivity contribution in [1.29, 1.82) is 0 Å². The van der Waals surface area contributed by atoms with Gasteiger partial charge in [0, 0.05) is 12.8 Å². The van der Waals surface area contributed by atoms with Gasteiger partial charge in [-0.3, -0.25) is 9.59 Å². The molecule has 0 aliphatic rings. The molecule has 0 bridgehead atoms. The Morgan fingerprint density at radius 3 is 1.21 bits per heavy atom.